The first-order valence-electron chi connectivity index (χ1n) is 14.0. The zero-order valence-electron chi connectivity index (χ0n) is 22.7. The van der Waals surface area contributed by atoms with E-state index in [9.17, 15) is 0 Å². The lowest BCUT2D eigenvalue weighted by atomic mass is 9.78. The maximum atomic E-state index is 4.07. The Hall–Kier alpha value is -0.0800. The van der Waals surface area contributed by atoms with Gasteiger partial charge < -0.3 is 10.2 Å². The quantitative estimate of drug-likeness (QED) is 0.299. The number of likely N-dealkylation sites (tertiary alicyclic amines) is 1. The smallest absolute Gasteiger partial charge is 0.0207 e. The molecule has 2 aliphatic rings. The topological polar surface area (TPSA) is 15.3 Å². The van der Waals surface area contributed by atoms with E-state index in [0.717, 1.165) is 29.6 Å². The summed E-state index contributed by atoms with van der Waals surface area (Å²) < 4.78 is 0. The summed E-state index contributed by atoms with van der Waals surface area (Å²) in [6, 6.07) is 0. The molecule has 2 aliphatic heterocycles. The monoisotopic (exact) mass is 434 g/mol. The SMILES string of the molecule is CC(C)CCC1(CCC(C)C)CC(CC(C)CCC2(CCC(C)C)CCCN2C)CN1. The fraction of sp³-hybridized carbons (Fsp3) is 1.00. The summed E-state index contributed by atoms with van der Waals surface area (Å²) in [6.07, 6.45) is 16.8. The van der Waals surface area contributed by atoms with Gasteiger partial charge in [0.15, 0.2) is 0 Å². The van der Waals surface area contributed by atoms with Crippen molar-refractivity contribution < 1.29 is 0 Å². The van der Waals surface area contributed by atoms with Crippen LogP contribution in [-0.4, -0.2) is 36.1 Å². The molecule has 2 heterocycles. The molecule has 0 aromatic carbocycles. The van der Waals surface area contributed by atoms with Crippen molar-refractivity contribution in [2.75, 3.05) is 20.1 Å². The average Bonchev–Trinajstić information content (AvgIpc) is 3.26. The van der Waals surface area contributed by atoms with Crippen molar-refractivity contribution in [1.82, 2.24) is 10.2 Å². The Morgan fingerprint density at radius 1 is 0.806 bits per heavy atom. The van der Waals surface area contributed by atoms with E-state index >= 15 is 0 Å². The second-order valence-electron chi connectivity index (χ2n) is 13.2. The van der Waals surface area contributed by atoms with Crippen LogP contribution in [0.25, 0.3) is 0 Å². The Morgan fingerprint density at radius 3 is 1.87 bits per heavy atom. The third kappa shape index (κ3) is 8.65. The largest absolute Gasteiger partial charge is 0.311 e. The predicted molar refractivity (Wildman–Crippen MR) is 139 cm³/mol. The minimum Gasteiger partial charge on any atom is -0.311 e. The highest BCUT2D eigenvalue weighted by Crippen LogP contribution is 2.41. The molecule has 0 amide bonds. The molecule has 2 fully saturated rings. The Kier molecular flexibility index (Phi) is 10.9. The van der Waals surface area contributed by atoms with Crippen LogP contribution < -0.4 is 5.32 Å². The fourth-order valence-corrected chi connectivity index (χ4v) is 6.45. The highest BCUT2D eigenvalue weighted by atomic mass is 15.2. The number of nitrogens with one attached hydrogen (secondary N) is 1. The molecule has 31 heavy (non-hydrogen) atoms. The standard InChI is InChI=1S/C29H58N2/c1-23(2)10-15-28(16-11-24(3)4)21-27(22-30-28)20-26(7)13-18-29(17-12-25(5)6)14-9-19-31(29)8/h23-27,30H,9-22H2,1-8H3. The van der Waals surface area contributed by atoms with Gasteiger partial charge in [-0.2, -0.15) is 0 Å². The molecule has 3 unspecified atom stereocenters. The molecule has 0 aliphatic carbocycles. The van der Waals surface area contributed by atoms with Crippen LogP contribution in [0.3, 0.4) is 0 Å². The van der Waals surface area contributed by atoms with Crippen LogP contribution in [0.15, 0.2) is 0 Å². The minimum atomic E-state index is 0.434. The summed E-state index contributed by atoms with van der Waals surface area (Å²) in [7, 11) is 2.40. The van der Waals surface area contributed by atoms with Crippen LogP contribution in [0.1, 0.15) is 126 Å². The molecule has 0 aromatic rings. The third-order valence-corrected chi connectivity index (χ3v) is 8.82. The molecule has 0 bridgehead atoms. The van der Waals surface area contributed by atoms with Crippen molar-refractivity contribution in [3.8, 4) is 0 Å². The summed E-state index contributed by atoms with van der Waals surface area (Å²) in [5.41, 5.74) is 0.938. The van der Waals surface area contributed by atoms with E-state index in [4.69, 9.17) is 0 Å². The van der Waals surface area contributed by atoms with Crippen LogP contribution in [0.4, 0.5) is 0 Å². The molecule has 0 saturated carbocycles. The maximum absolute atomic E-state index is 4.07. The molecular formula is C29H58N2. The lowest BCUT2D eigenvalue weighted by molar-refractivity contribution is 0.128. The second-order valence-corrected chi connectivity index (χ2v) is 13.2. The summed E-state index contributed by atoms with van der Waals surface area (Å²) in [4.78, 5) is 2.72. The van der Waals surface area contributed by atoms with E-state index in [1.807, 2.05) is 0 Å². The zero-order valence-corrected chi connectivity index (χ0v) is 22.7. The highest BCUT2D eigenvalue weighted by Gasteiger charge is 2.40. The van der Waals surface area contributed by atoms with Crippen LogP contribution in [0.5, 0.6) is 0 Å². The summed E-state index contributed by atoms with van der Waals surface area (Å²) in [6.45, 7) is 19.5. The molecule has 184 valence electrons. The summed E-state index contributed by atoms with van der Waals surface area (Å²) >= 11 is 0. The number of rotatable bonds is 14. The van der Waals surface area contributed by atoms with Gasteiger partial charge in [0.1, 0.15) is 0 Å². The third-order valence-electron chi connectivity index (χ3n) is 8.82. The van der Waals surface area contributed by atoms with Crippen molar-refractivity contribution in [3.63, 3.8) is 0 Å². The normalized spacial score (nSPS) is 27.8. The van der Waals surface area contributed by atoms with Gasteiger partial charge in [-0.25, -0.2) is 0 Å². The van der Waals surface area contributed by atoms with Crippen LogP contribution in [0.2, 0.25) is 0 Å². The maximum Gasteiger partial charge on any atom is 0.0207 e. The Balaban J connectivity index is 1.87. The number of hydrogen-bond acceptors (Lipinski definition) is 2. The molecular weight excluding hydrogens is 376 g/mol. The highest BCUT2D eigenvalue weighted by molar-refractivity contribution is 4.98. The lowest BCUT2D eigenvalue weighted by Crippen LogP contribution is -2.41. The van der Waals surface area contributed by atoms with Crippen molar-refractivity contribution >= 4 is 0 Å². The molecule has 1 N–H and O–H groups in total. The van der Waals surface area contributed by atoms with Gasteiger partial charge in [-0.3, -0.25) is 0 Å². The first-order valence-corrected chi connectivity index (χ1v) is 14.0. The second kappa shape index (κ2) is 12.4. The Bertz CT molecular complexity index is 485. The van der Waals surface area contributed by atoms with E-state index in [2.05, 4.69) is 65.7 Å². The van der Waals surface area contributed by atoms with Gasteiger partial charge in [-0.05, 0) is 127 Å². The molecule has 0 spiro atoms. The minimum absolute atomic E-state index is 0.434. The lowest BCUT2D eigenvalue weighted by Gasteiger charge is -2.38. The van der Waals surface area contributed by atoms with E-state index < -0.39 is 0 Å². The molecule has 3 atom stereocenters. The van der Waals surface area contributed by atoms with E-state index in [1.54, 1.807) is 0 Å². The first kappa shape index (κ1) is 27.2. The van der Waals surface area contributed by atoms with Gasteiger partial charge >= 0.3 is 0 Å². The molecule has 2 saturated heterocycles. The van der Waals surface area contributed by atoms with Crippen LogP contribution >= 0.6 is 0 Å². The van der Waals surface area contributed by atoms with Gasteiger partial charge in [-0.15, -0.1) is 0 Å². The van der Waals surface area contributed by atoms with Crippen molar-refractivity contribution in [3.05, 3.63) is 0 Å². The van der Waals surface area contributed by atoms with Crippen LogP contribution in [0, 0.1) is 29.6 Å². The van der Waals surface area contributed by atoms with E-state index in [0.29, 0.717) is 11.1 Å². The van der Waals surface area contributed by atoms with E-state index in [-0.39, 0.29) is 0 Å². The van der Waals surface area contributed by atoms with Gasteiger partial charge in [0, 0.05) is 11.1 Å². The molecule has 0 radical (unpaired) electrons. The Morgan fingerprint density at radius 2 is 1.35 bits per heavy atom. The predicted octanol–water partition coefficient (Wildman–Crippen LogP) is 7.91. The van der Waals surface area contributed by atoms with Gasteiger partial charge in [-0.1, -0.05) is 48.5 Å². The molecule has 0 aromatic heterocycles. The van der Waals surface area contributed by atoms with Crippen molar-refractivity contribution in [1.29, 1.82) is 0 Å². The Labute approximate surface area is 196 Å². The van der Waals surface area contributed by atoms with Gasteiger partial charge in [0.2, 0.25) is 0 Å². The molecule has 2 nitrogen and oxygen atoms in total. The summed E-state index contributed by atoms with van der Waals surface area (Å²) in [5.74, 6) is 4.23. The summed E-state index contributed by atoms with van der Waals surface area (Å²) in [5, 5.41) is 4.07. The van der Waals surface area contributed by atoms with Crippen LogP contribution in [-0.2, 0) is 0 Å². The average molecular weight is 435 g/mol. The van der Waals surface area contributed by atoms with Crippen molar-refractivity contribution in [2.24, 2.45) is 29.6 Å². The van der Waals surface area contributed by atoms with E-state index in [1.165, 1.54) is 90.1 Å². The zero-order chi connectivity index (χ0) is 23.1. The number of hydrogen-bond donors (Lipinski definition) is 1. The fourth-order valence-electron chi connectivity index (χ4n) is 6.45. The molecule has 2 heteroatoms. The first-order chi connectivity index (χ1) is 14.6. The van der Waals surface area contributed by atoms with Crippen molar-refractivity contribution in [2.45, 2.75) is 137 Å². The van der Waals surface area contributed by atoms with Gasteiger partial charge in [0.05, 0.1) is 0 Å². The van der Waals surface area contributed by atoms with Gasteiger partial charge in [0.25, 0.3) is 0 Å². The number of nitrogens with zero attached hydrogens (tertiary/aromatic N) is 1. The molecule has 2 rings (SSSR count).